The smallest absolute Gasteiger partial charge is 0.135 e. The first-order chi connectivity index (χ1) is 8.68. The molecule has 0 aromatic rings. The van der Waals surface area contributed by atoms with Crippen molar-refractivity contribution in [2.45, 2.75) is 66.4 Å². The molecule has 1 fully saturated rings. The van der Waals surface area contributed by atoms with Crippen LogP contribution in [0.4, 0.5) is 0 Å². The minimum atomic E-state index is -0.293. The van der Waals surface area contributed by atoms with Crippen LogP contribution in [0.15, 0.2) is 12.2 Å². The molecule has 0 spiro atoms. The summed E-state index contributed by atoms with van der Waals surface area (Å²) in [4.78, 5) is 12.0. The van der Waals surface area contributed by atoms with Gasteiger partial charge in [-0.15, -0.1) is 0 Å². The number of hydrogen-bond acceptors (Lipinski definition) is 2. The van der Waals surface area contributed by atoms with Crippen LogP contribution < -0.4 is 0 Å². The molecule has 0 heterocycles. The number of carbonyl (C=O) groups excluding carboxylic acids is 1. The van der Waals surface area contributed by atoms with Gasteiger partial charge < -0.3 is 5.11 Å². The van der Waals surface area contributed by atoms with Crippen molar-refractivity contribution in [1.29, 1.82) is 0 Å². The maximum Gasteiger partial charge on any atom is 0.135 e. The van der Waals surface area contributed by atoms with Crippen LogP contribution in [0.25, 0.3) is 0 Å². The monoisotopic (exact) mass is 266 g/mol. The second-order valence-corrected chi connectivity index (χ2v) is 7.07. The quantitative estimate of drug-likeness (QED) is 0.764. The molecular formula is C17H30O2. The number of Topliss-reactive ketones (excluding diaryl/α,β-unsaturated/α-hetero) is 1. The Bertz CT molecular complexity index is 345. The van der Waals surface area contributed by atoms with Crippen molar-refractivity contribution >= 4 is 5.78 Å². The highest BCUT2D eigenvalue weighted by atomic mass is 16.3. The van der Waals surface area contributed by atoms with Gasteiger partial charge in [0.05, 0.1) is 6.10 Å². The molecule has 0 bridgehead atoms. The van der Waals surface area contributed by atoms with Gasteiger partial charge in [0.15, 0.2) is 0 Å². The van der Waals surface area contributed by atoms with E-state index in [1.807, 2.05) is 13.8 Å². The third-order valence-electron chi connectivity index (χ3n) is 5.21. The molecule has 2 unspecified atom stereocenters. The van der Waals surface area contributed by atoms with Crippen molar-refractivity contribution < 1.29 is 9.90 Å². The topological polar surface area (TPSA) is 37.3 Å². The lowest BCUT2D eigenvalue weighted by Crippen LogP contribution is -2.44. The highest BCUT2D eigenvalue weighted by Crippen LogP contribution is 2.47. The van der Waals surface area contributed by atoms with Crippen molar-refractivity contribution in [3.8, 4) is 0 Å². The fraction of sp³-hybridized carbons (Fsp3) is 0.824. The van der Waals surface area contributed by atoms with E-state index in [1.54, 1.807) is 0 Å². The van der Waals surface area contributed by atoms with Gasteiger partial charge >= 0.3 is 0 Å². The second-order valence-electron chi connectivity index (χ2n) is 7.07. The summed E-state index contributed by atoms with van der Waals surface area (Å²) in [6.45, 7) is 14.3. The zero-order valence-corrected chi connectivity index (χ0v) is 13.2. The second kappa shape index (κ2) is 6.21. The molecule has 0 radical (unpaired) electrons. The normalized spacial score (nSPS) is 33.2. The largest absolute Gasteiger partial charge is 0.393 e. The van der Waals surface area contributed by atoms with Crippen LogP contribution in [0.3, 0.4) is 0 Å². The molecule has 0 aliphatic heterocycles. The molecule has 2 nitrogen and oxygen atoms in total. The SMILES string of the molecule is C=C(C)C1CCC(O)[C@](C)([C@H](C)CC(=O)C(C)C)C1. The predicted molar refractivity (Wildman–Crippen MR) is 79.9 cm³/mol. The molecule has 1 N–H and O–H groups in total. The van der Waals surface area contributed by atoms with E-state index in [4.69, 9.17) is 0 Å². The molecule has 2 heteroatoms. The van der Waals surface area contributed by atoms with Crippen molar-refractivity contribution in [3.63, 3.8) is 0 Å². The van der Waals surface area contributed by atoms with E-state index in [2.05, 4.69) is 27.4 Å². The molecule has 110 valence electrons. The van der Waals surface area contributed by atoms with Crippen LogP contribution in [0.5, 0.6) is 0 Å². The summed E-state index contributed by atoms with van der Waals surface area (Å²) in [6.07, 6.45) is 3.09. The Morgan fingerprint density at radius 3 is 2.42 bits per heavy atom. The number of aliphatic hydroxyl groups excluding tert-OH is 1. The van der Waals surface area contributed by atoms with E-state index in [0.717, 1.165) is 19.3 Å². The van der Waals surface area contributed by atoms with Gasteiger partial charge in [-0.05, 0) is 43.4 Å². The summed E-state index contributed by atoms with van der Waals surface area (Å²) in [6, 6.07) is 0. The number of carbonyl (C=O) groups is 1. The van der Waals surface area contributed by atoms with E-state index in [-0.39, 0.29) is 23.4 Å². The van der Waals surface area contributed by atoms with Gasteiger partial charge in [0.1, 0.15) is 5.78 Å². The number of hydrogen-bond donors (Lipinski definition) is 1. The molecule has 1 saturated carbocycles. The van der Waals surface area contributed by atoms with Gasteiger partial charge in [-0.2, -0.15) is 0 Å². The van der Waals surface area contributed by atoms with Crippen LogP contribution in [0, 0.1) is 23.2 Å². The summed E-state index contributed by atoms with van der Waals surface area (Å²) in [5, 5.41) is 10.4. The number of rotatable bonds is 5. The van der Waals surface area contributed by atoms with Crippen molar-refractivity contribution in [3.05, 3.63) is 12.2 Å². The summed E-state index contributed by atoms with van der Waals surface area (Å²) in [5.41, 5.74) is 1.05. The Morgan fingerprint density at radius 1 is 1.37 bits per heavy atom. The molecule has 1 aliphatic carbocycles. The molecular weight excluding hydrogens is 236 g/mol. The summed E-state index contributed by atoms with van der Waals surface area (Å²) >= 11 is 0. The molecule has 4 atom stereocenters. The third-order valence-corrected chi connectivity index (χ3v) is 5.21. The number of aliphatic hydroxyl groups is 1. The predicted octanol–water partition coefficient (Wildman–Crippen LogP) is 3.98. The van der Waals surface area contributed by atoms with Crippen LogP contribution in [-0.2, 0) is 4.79 Å². The summed E-state index contributed by atoms with van der Waals surface area (Å²) in [7, 11) is 0. The van der Waals surface area contributed by atoms with E-state index in [0.29, 0.717) is 18.1 Å². The molecule has 0 aromatic carbocycles. The zero-order valence-electron chi connectivity index (χ0n) is 13.2. The number of allylic oxidation sites excluding steroid dienone is 1. The number of ketones is 1. The van der Waals surface area contributed by atoms with Crippen molar-refractivity contribution in [2.75, 3.05) is 0 Å². The minimum Gasteiger partial charge on any atom is -0.393 e. The Hall–Kier alpha value is -0.630. The lowest BCUT2D eigenvalue weighted by molar-refractivity contribution is -0.125. The van der Waals surface area contributed by atoms with Gasteiger partial charge in [-0.25, -0.2) is 0 Å². The third kappa shape index (κ3) is 3.68. The fourth-order valence-electron chi connectivity index (χ4n) is 3.18. The van der Waals surface area contributed by atoms with Gasteiger partial charge in [0.2, 0.25) is 0 Å². The zero-order chi connectivity index (χ0) is 14.8. The van der Waals surface area contributed by atoms with Gasteiger partial charge in [0.25, 0.3) is 0 Å². The average Bonchev–Trinajstić information content (AvgIpc) is 2.32. The van der Waals surface area contributed by atoms with Gasteiger partial charge in [-0.1, -0.05) is 39.8 Å². The van der Waals surface area contributed by atoms with Crippen molar-refractivity contribution in [2.24, 2.45) is 23.2 Å². The standard InChI is InChI=1S/C17H30O2/c1-11(2)14-7-8-16(19)17(6,10-14)13(5)9-15(18)12(3)4/h12-14,16,19H,1,7-10H2,2-6H3/t13-,14?,16?,17+/m1/s1. The van der Waals surface area contributed by atoms with E-state index >= 15 is 0 Å². The Labute approximate surface area is 118 Å². The minimum absolute atomic E-state index is 0.0868. The first-order valence-electron chi connectivity index (χ1n) is 7.54. The molecule has 1 aliphatic rings. The highest BCUT2D eigenvalue weighted by molar-refractivity contribution is 5.80. The lowest BCUT2D eigenvalue weighted by atomic mass is 9.60. The van der Waals surface area contributed by atoms with Crippen LogP contribution in [0.1, 0.15) is 60.3 Å². The molecule has 1 rings (SSSR count). The first kappa shape index (κ1) is 16.4. The van der Waals surface area contributed by atoms with Crippen molar-refractivity contribution in [1.82, 2.24) is 0 Å². The summed E-state index contributed by atoms with van der Waals surface area (Å²) in [5.74, 6) is 1.10. The van der Waals surface area contributed by atoms with E-state index in [9.17, 15) is 9.90 Å². The van der Waals surface area contributed by atoms with Gasteiger partial charge in [0, 0.05) is 12.3 Å². The average molecular weight is 266 g/mol. The summed E-state index contributed by atoms with van der Waals surface area (Å²) < 4.78 is 0. The molecule has 19 heavy (non-hydrogen) atoms. The fourth-order valence-corrected chi connectivity index (χ4v) is 3.18. The van der Waals surface area contributed by atoms with Crippen LogP contribution in [-0.4, -0.2) is 17.0 Å². The maximum atomic E-state index is 12.0. The van der Waals surface area contributed by atoms with E-state index < -0.39 is 0 Å². The Kier molecular flexibility index (Phi) is 5.37. The van der Waals surface area contributed by atoms with Crippen LogP contribution >= 0.6 is 0 Å². The molecule has 0 amide bonds. The van der Waals surface area contributed by atoms with Crippen LogP contribution in [0.2, 0.25) is 0 Å². The van der Waals surface area contributed by atoms with Gasteiger partial charge in [-0.3, -0.25) is 4.79 Å². The highest BCUT2D eigenvalue weighted by Gasteiger charge is 2.43. The first-order valence-corrected chi connectivity index (χ1v) is 7.54. The Morgan fingerprint density at radius 2 is 1.95 bits per heavy atom. The lowest BCUT2D eigenvalue weighted by Gasteiger charge is -2.46. The molecule has 0 saturated heterocycles. The Balaban J connectivity index is 2.80. The van der Waals surface area contributed by atoms with E-state index in [1.165, 1.54) is 5.57 Å². The maximum absolute atomic E-state index is 12.0. The molecule has 0 aromatic heterocycles.